The summed E-state index contributed by atoms with van der Waals surface area (Å²) in [5, 5.41) is 12.1. The fourth-order valence-corrected chi connectivity index (χ4v) is 2.49. The van der Waals surface area contributed by atoms with E-state index < -0.39 is 0 Å². The van der Waals surface area contributed by atoms with E-state index in [2.05, 4.69) is 36.3 Å². The zero-order valence-corrected chi connectivity index (χ0v) is 13.9. The van der Waals surface area contributed by atoms with Gasteiger partial charge < -0.3 is 9.47 Å². The molecule has 21 heavy (non-hydrogen) atoms. The van der Waals surface area contributed by atoms with Gasteiger partial charge in [-0.05, 0) is 12.3 Å². The maximum atomic E-state index is 11.6. The van der Waals surface area contributed by atoms with Gasteiger partial charge in [0.05, 0.1) is 13.2 Å². The van der Waals surface area contributed by atoms with Crippen molar-refractivity contribution in [2.75, 3.05) is 31.7 Å². The van der Waals surface area contributed by atoms with E-state index in [-0.39, 0.29) is 12.5 Å². The summed E-state index contributed by atoms with van der Waals surface area (Å²) in [7, 11) is 0. The van der Waals surface area contributed by atoms with Crippen LogP contribution in [-0.2, 0) is 20.7 Å². The highest BCUT2D eigenvalue weighted by Crippen LogP contribution is 2.17. The van der Waals surface area contributed by atoms with Crippen molar-refractivity contribution < 1.29 is 14.3 Å². The number of carbonyl (C=O) groups is 1. The Hall–Kier alpha value is -1.05. The highest BCUT2D eigenvalue weighted by Gasteiger charge is 2.09. The third-order valence-electron chi connectivity index (χ3n) is 2.54. The second-order valence-corrected chi connectivity index (χ2v) is 6.23. The first-order valence-corrected chi connectivity index (χ1v) is 8.21. The maximum Gasteiger partial charge on any atom is 0.252 e. The molecule has 0 aromatic carbocycles. The average Bonchev–Trinajstić information content (AvgIpc) is 2.84. The predicted octanol–water partition coefficient (Wildman–Crippen LogP) is 2.51. The van der Waals surface area contributed by atoms with Crippen LogP contribution in [-0.4, -0.2) is 42.5 Å². The molecule has 0 atom stereocenters. The average molecular weight is 315 g/mol. The van der Waals surface area contributed by atoms with Crippen LogP contribution in [0.15, 0.2) is 0 Å². The van der Waals surface area contributed by atoms with Crippen LogP contribution in [0.5, 0.6) is 0 Å². The Morgan fingerprint density at radius 3 is 2.71 bits per heavy atom. The molecule has 0 aliphatic carbocycles. The first-order valence-electron chi connectivity index (χ1n) is 7.39. The van der Waals surface area contributed by atoms with Crippen LogP contribution < -0.4 is 5.32 Å². The number of hydrogen-bond acceptors (Lipinski definition) is 6. The second-order valence-electron chi connectivity index (χ2n) is 5.17. The highest BCUT2D eigenvalue weighted by atomic mass is 32.1. The molecule has 1 aromatic heterocycles. The lowest BCUT2D eigenvalue weighted by Crippen LogP contribution is -2.19. The van der Waals surface area contributed by atoms with Gasteiger partial charge in [0.2, 0.25) is 5.13 Å². The molecule has 7 heteroatoms. The highest BCUT2D eigenvalue weighted by molar-refractivity contribution is 7.15. The van der Waals surface area contributed by atoms with Crippen LogP contribution in [0.4, 0.5) is 5.13 Å². The van der Waals surface area contributed by atoms with Crippen molar-refractivity contribution in [1.82, 2.24) is 10.2 Å². The summed E-state index contributed by atoms with van der Waals surface area (Å²) >= 11 is 1.41. The van der Waals surface area contributed by atoms with Gasteiger partial charge in [0.15, 0.2) is 0 Å². The zero-order valence-electron chi connectivity index (χ0n) is 13.1. The number of anilines is 1. The van der Waals surface area contributed by atoms with Crippen molar-refractivity contribution in [3.8, 4) is 0 Å². The molecule has 0 saturated heterocycles. The normalized spacial score (nSPS) is 11.0. The number of amides is 1. The van der Waals surface area contributed by atoms with Gasteiger partial charge >= 0.3 is 0 Å². The molecule has 0 saturated carbocycles. The van der Waals surface area contributed by atoms with E-state index in [0.717, 1.165) is 30.9 Å². The quantitative estimate of drug-likeness (QED) is 0.635. The van der Waals surface area contributed by atoms with Crippen molar-refractivity contribution >= 4 is 22.4 Å². The molecule has 1 amide bonds. The monoisotopic (exact) mass is 315 g/mol. The summed E-state index contributed by atoms with van der Waals surface area (Å²) < 4.78 is 10.6. The van der Waals surface area contributed by atoms with Gasteiger partial charge in [0.25, 0.3) is 5.91 Å². The van der Waals surface area contributed by atoms with Crippen LogP contribution in [0.2, 0.25) is 0 Å². The number of rotatable bonds is 11. The molecular weight excluding hydrogens is 290 g/mol. The van der Waals surface area contributed by atoms with E-state index >= 15 is 0 Å². The minimum Gasteiger partial charge on any atom is -0.379 e. The van der Waals surface area contributed by atoms with E-state index in [0.29, 0.717) is 24.3 Å². The lowest BCUT2D eigenvalue weighted by Gasteiger charge is -2.05. The molecule has 1 heterocycles. The first kappa shape index (κ1) is 18.0. The lowest BCUT2D eigenvalue weighted by atomic mass is 10.1. The van der Waals surface area contributed by atoms with Crippen molar-refractivity contribution in [2.24, 2.45) is 5.92 Å². The Morgan fingerprint density at radius 2 is 2.00 bits per heavy atom. The number of hydrogen-bond donors (Lipinski definition) is 1. The molecule has 120 valence electrons. The Kier molecular flexibility index (Phi) is 9.12. The van der Waals surface area contributed by atoms with Gasteiger partial charge in [-0.25, -0.2) is 0 Å². The summed E-state index contributed by atoms with van der Waals surface area (Å²) in [6, 6.07) is 0. The number of unbranched alkanes of at least 4 members (excludes halogenated alkanes) is 1. The minimum atomic E-state index is -0.212. The number of nitrogens with one attached hydrogen (secondary N) is 1. The molecule has 0 bridgehead atoms. The molecule has 0 spiro atoms. The van der Waals surface area contributed by atoms with Crippen LogP contribution in [0.3, 0.4) is 0 Å². The van der Waals surface area contributed by atoms with Crippen molar-refractivity contribution in [2.45, 2.75) is 40.0 Å². The summed E-state index contributed by atoms with van der Waals surface area (Å²) in [6.45, 7) is 8.05. The van der Waals surface area contributed by atoms with Crippen molar-refractivity contribution in [1.29, 1.82) is 0 Å². The van der Waals surface area contributed by atoms with Crippen LogP contribution in [0, 0.1) is 5.92 Å². The Balaban J connectivity index is 2.11. The Morgan fingerprint density at radius 1 is 1.24 bits per heavy atom. The number of aromatic nitrogens is 2. The largest absolute Gasteiger partial charge is 0.379 e. The molecule has 1 N–H and O–H groups in total. The van der Waals surface area contributed by atoms with Gasteiger partial charge in [-0.1, -0.05) is 38.5 Å². The van der Waals surface area contributed by atoms with E-state index in [4.69, 9.17) is 9.47 Å². The van der Waals surface area contributed by atoms with E-state index in [1.165, 1.54) is 11.3 Å². The standard InChI is InChI=1S/C14H25N3O3S/c1-4-5-6-19-7-8-20-10-12(18)15-14-17-16-13(21-14)9-11(2)3/h11H,4-10H2,1-3H3,(H,15,17,18). The third-order valence-corrected chi connectivity index (χ3v) is 3.40. The summed E-state index contributed by atoms with van der Waals surface area (Å²) in [5.41, 5.74) is 0. The molecule has 0 aliphatic rings. The topological polar surface area (TPSA) is 73.3 Å². The summed E-state index contributed by atoms with van der Waals surface area (Å²) in [5.74, 6) is 0.313. The molecule has 1 aromatic rings. The first-order chi connectivity index (χ1) is 10.1. The van der Waals surface area contributed by atoms with Gasteiger partial charge in [-0.3, -0.25) is 10.1 Å². The lowest BCUT2D eigenvalue weighted by molar-refractivity contribution is -0.121. The smallest absolute Gasteiger partial charge is 0.252 e. The maximum absolute atomic E-state index is 11.6. The fourth-order valence-electron chi connectivity index (χ4n) is 1.52. The van der Waals surface area contributed by atoms with Crippen molar-refractivity contribution in [3.63, 3.8) is 0 Å². The van der Waals surface area contributed by atoms with Crippen molar-refractivity contribution in [3.05, 3.63) is 5.01 Å². The number of ether oxygens (including phenoxy) is 2. The van der Waals surface area contributed by atoms with E-state index in [1.807, 2.05) is 0 Å². The predicted molar refractivity (Wildman–Crippen MR) is 83.6 cm³/mol. The zero-order chi connectivity index (χ0) is 15.5. The van der Waals surface area contributed by atoms with Crippen LogP contribution in [0.25, 0.3) is 0 Å². The molecular formula is C14H25N3O3S. The van der Waals surface area contributed by atoms with Crippen LogP contribution in [0.1, 0.15) is 38.6 Å². The minimum absolute atomic E-state index is 0.0102. The number of carbonyl (C=O) groups excluding carboxylic acids is 1. The van der Waals surface area contributed by atoms with Gasteiger partial charge in [-0.2, -0.15) is 0 Å². The second kappa shape index (κ2) is 10.6. The molecule has 6 nitrogen and oxygen atoms in total. The third kappa shape index (κ3) is 8.75. The van der Waals surface area contributed by atoms with Gasteiger partial charge in [-0.15, -0.1) is 10.2 Å². The Labute approximate surface area is 130 Å². The molecule has 0 radical (unpaired) electrons. The summed E-state index contributed by atoms with van der Waals surface area (Å²) in [4.78, 5) is 11.6. The van der Waals surface area contributed by atoms with E-state index in [1.54, 1.807) is 0 Å². The molecule has 0 aliphatic heterocycles. The fraction of sp³-hybridized carbons (Fsp3) is 0.786. The summed E-state index contributed by atoms with van der Waals surface area (Å²) in [6.07, 6.45) is 3.04. The van der Waals surface area contributed by atoms with Gasteiger partial charge in [0, 0.05) is 13.0 Å². The van der Waals surface area contributed by atoms with E-state index in [9.17, 15) is 4.79 Å². The van der Waals surface area contributed by atoms with Crippen LogP contribution >= 0.6 is 11.3 Å². The SMILES string of the molecule is CCCCOCCOCC(=O)Nc1nnc(CC(C)C)s1. The molecule has 1 rings (SSSR count). The Bertz CT molecular complexity index is 410. The molecule has 0 fully saturated rings. The van der Waals surface area contributed by atoms with Gasteiger partial charge in [0.1, 0.15) is 11.6 Å². The number of nitrogens with zero attached hydrogens (tertiary/aromatic N) is 2. The molecule has 0 unspecified atom stereocenters.